The van der Waals surface area contributed by atoms with Crippen LogP contribution in [0.25, 0.3) is 37.7 Å². The highest BCUT2D eigenvalue weighted by Crippen LogP contribution is 2.49. The Morgan fingerprint density at radius 3 is 1.91 bits per heavy atom. The van der Waals surface area contributed by atoms with Crippen LogP contribution < -0.4 is 14.2 Å². The Morgan fingerprint density at radius 1 is 0.690 bits per heavy atom. The Bertz CT molecular complexity index is 5000. The van der Waals surface area contributed by atoms with E-state index in [9.17, 15) is 88.2 Å². The second-order valence-electron chi connectivity index (χ2n) is 18.0. The SMILES string of the molecule is COc1cc(N=Nc2c(C)c(C#N)c3nc4ccccc4n3c2O)c(OCCCS(=O)(=O)O)cc1N=Nc1cc(Cl)c(N=Nc2nc3c(OCCCS(=O)(=O)O)c(S(=O)(=O)O)c4cc(S(=O)(=O)O)cc(S(=O)(=O)O)c4c3s2)cc1SCCCS(=O)(=O)O. The number of para-hydroxylation sites is 2. The van der Waals surface area contributed by atoms with Crippen molar-refractivity contribution in [3.05, 3.63) is 76.8 Å². The summed E-state index contributed by atoms with van der Waals surface area (Å²) in [5.74, 6) is -3.90. The number of imidazole rings is 1. The summed E-state index contributed by atoms with van der Waals surface area (Å²) in [6, 6.07) is 14.6. The Hall–Kier alpha value is -7.21. The van der Waals surface area contributed by atoms with E-state index in [1.54, 1.807) is 24.3 Å². The number of azo groups is 3. The van der Waals surface area contributed by atoms with Crippen molar-refractivity contribution < 1.29 is 97.1 Å². The molecule has 0 spiro atoms. The lowest BCUT2D eigenvalue weighted by molar-refractivity contribution is 0.311. The number of methoxy groups -OCH3 is 1. The highest BCUT2D eigenvalue weighted by molar-refractivity contribution is 7.99. The molecule has 8 rings (SSSR count). The highest BCUT2D eigenvalue weighted by atomic mass is 35.5. The third kappa shape index (κ3) is 15.6. The third-order valence-corrected chi connectivity index (χ3v) is 19.4. The van der Waals surface area contributed by atoms with Gasteiger partial charge >= 0.3 is 0 Å². The summed E-state index contributed by atoms with van der Waals surface area (Å²) in [6.07, 6.45) is -0.906. The van der Waals surface area contributed by atoms with Gasteiger partial charge in [-0.25, -0.2) is 9.97 Å². The summed E-state index contributed by atoms with van der Waals surface area (Å²) in [6.45, 7) is 0.415. The first kappa shape index (κ1) is 65.8. The lowest BCUT2D eigenvalue weighted by Gasteiger charge is -2.15. The summed E-state index contributed by atoms with van der Waals surface area (Å²) >= 11 is 8.09. The molecule has 87 heavy (non-hydrogen) atoms. The van der Waals surface area contributed by atoms with E-state index in [1.165, 1.54) is 42.7 Å². The molecule has 0 saturated carbocycles. The zero-order valence-electron chi connectivity index (χ0n) is 44.0. The zero-order chi connectivity index (χ0) is 63.8. The fourth-order valence-electron chi connectivity index (χ4n) is 8.22. The Balaban J connectivity index is 1.23. The number of halogens is 1. The van der Waals surface area contributed by atoms with Crippen molar-refractivity contribution >= 4 is 167 Å². The fourth-order valence-corrected chi connectivity index (χ4v) is 14.2. The summed E-state index contributed by atoms with van der Waals surface area (Å²) in [4.78, 5) is 4.85. The number of pyridine rings is 1. The van der Waals surface area contributed by atoms with Crippen molar-refractivity contribution in [2.24, 2.45) is 30.7 Å². The quantitative estimate of drug-likeness (QED) is 0.0121. The molecule has 0 saturated heterocycles. The van der Waals surface area contributed by atoms with Crippen LogP contribution in [0.3, 0.4) is 0 Å². The summed E-state index contributed by atoms with van der Waals surface area (Å²) in [7, 11) is -28.9. The molecule has 462 valence electrons. The van der Waals surface area contributed by atoms with Crippen molar-refractivity contribution in [2.75, 3.05) is 43.3 Å². The normalized spacial score (nSPS) is 13.1. The average molecular weight is 1380 g/mol. The van der Waals surface area contributed by atoms with Gasteiger partial charge in [0.15, 0.2) is 17.1 Å². The number of rotatable bonds is 25. The number of fused-ring (bicyclic) bond motifs is 6. The number of thioether (sulfide) groups is 1. The van der Waals surface area contributed by atoms with Gasteiger partial charge in [0.05, 0.1) is 63.2 Å². The number of nitriles is 1. The van der Waals surface area contributed by atoms with E-state index in [1.807, 2.05) is 0 Å². The van der Waals surface area contributed by atoms with Crippen LogP contribution in [0.5, 0.6) is 23.1 Å². The maximum absolute atomic E-state index is 13.1. The molecule has 3 heterocycles. The number of aromatic hydroxyl groups is 1. The van der Waals surface area contributed by atoms with Crippen LogP contribution in [0.4, 0.5) is 33.6 Å². The maximum atomic E-state index is 13.1. The summed E-state index contributed by atoms with van der Waals surface area (Å²) < 4.78 is 223. The van der Waals surface area contributed by atoms with Crippen molar-refractivity contribution in [3.63, 3.8) is 0 Å². The van der Waals surface area contributed by atoms with Gasteiger partial charge in [-0.2, -0.15) is 55.8 Å². The predicted octanol–water partition coefficient (Wildman–Crippen LogP) is 9.47. The standard InChI is InChI=1S/C46H41ClN10O22S8/c1-23-26(22-48)44-49-28-8-3-4-9-33(28)57(44)45(58)39(23)55-53-31-19-34(77-2)30(20-35(31)78-10-5-13-82(59,60)61)52-54-32-18-27(47)29(21-36(32)80-12-7-15-84(65,66)67)51-56-46-50-40-41(79-11-6-14-83(62,63)64)43(87(74,75)76)25-16-24(85(68,69)70)17-37(86(71,72)73)38(25)42(40)81-46/h3-4,8-9,16-21,58H,5-7,10-15H2,1-2H3,(H,59,60,61)(H,62,63,64)(H,65,66,67)(H,68,69,70)(H,71,72,73)(H,74,75,76). The number of aromatic nitrogens is 3. The van der Waals surface area contributed by atoms with E-state index in [4.69, 9.17) is 25.8 Å². The third-order valence-electron chi connectivity index (χ3n) is 11.9. The molecule has 41 heteroatoms. The molecule has 0 bridgehead atoms. The van der Waals surface area contributed by atoms with Gasteiger partial charge in [-0.3, -0.25) is 31.7 Å². The van der Waals surface area contributed by atoms with Crippen molar-refractivity contribution in [1.29, 1.82) is 5.26 Å². The van der Waals surface area contributed by atoms with Gasteiger partial charge < -0.3 is 19.3 Å². The molecule has 0 aliphatic carbocycles. The topological polar surface area (TPSA) is 502 Å². The van der Waals surface area contributed by atoms with Gasteiger partial charge in [0.2, 0.25) is 11.0 Å². The Labute approximate surface area is 505 Å². The number of hydrogen-bond donors (Lipinski definition) is 7. The number of nitrogens with zero attached hydrogens (tertiary/aromatic N) is 10. The van der Waals surface area contributed by atoms with Gasteiger partial charge in [0.1, 0.15) is 61.2 Å². The molecule has 0 aliphatic heterocycles. The molecule has 0 fully saturated rings. The minimum atomic E-state index is -5.67. The van der Waals surface area contributed by atoms with Gasteiger partial charge in [-0.05, 0) is 68.3 Å². The highest BCUT2D eigenvalue weighted by Gasteiger charge is 2.33. The fraction of sp³-hybridized carbons (Fsp3) is 0.239. The van der Waals surface area contributed by atoms with Crippen LogP contribution >= 0.6 is 34.7 Å². The van der Waals surface area contributed by atoms with Crippen LogP contribution in [0, 0.1) is 18.3 Å². The van der Waals surface area contributed by atoms with E-state index in [0.29, 0.717) is 28.4 Å². The van der Waals surface area contributed by atoms with Gasteiger partial charge in [0, 0.05) is 33.4 Å². The Morgan fingerprint density at radius 2 is 1.29 bits per heavy atom. The summed E-state index contributed by atoms with van der Waals surface area (Å²) in [5, 5.41) is 44.7. The molecule has 5 aromatic carbocycles. The first-order chi connectivity index (χ1) is 40.6. The van der Waals surface area contributed by atoms with Crippen molar-refractivity contribution in [2.45, 2.75) is 45.8 Å². The second-order valence-corrected chi connectivity index (χ2v) is 29.4. The molecular weight excluding hydrogens is 1340 g/mol. The number of thiazole rings is 1. The zero-order valence-corrected chi connectivity index (χ0v) is 51.3. The van der Waals surface area contributed by atoms with Gasteiger partial charge in [0.25, 0.3) is 60.7 Å². The minimum absolute atomic E-state index is 0.0244. The van der Waals surface area contributed by atoms with Crippen LogP contribution in [0.2, 0.25) is 5.02 Å². The smallest absolute Gasteiger partial charge is 0.298 e. The first-order valence-electron chi connectivity index (χ1n) is 24.0. The average Bonchev–Trinajstić information content (AvgIpc) is 1.72. The molecule has 0 unspecified atom stereocenters. The molecule has 0 amide bonds. The minimum Gasteiger partial charge on any atom is -0.494 e. The number of hydrogen-bond acceptors (Lipinski definition) is 27. The molecule has 0 aliphatic rings. The van der Waals surface area contributed by atoms with E-state index < -0.39 is 143 Å². The van der Waals surface area contributed by atoms with E-state index in [-0.39, 0.29) is 97.9 Å². The van der Waals surface area contributed by atoms with E-state index in [0.717, 1.165) is 11.8 Å². The molecule has 8 aromatic rings. The molecule has 32 nitrogen and oxygen atoms in total. The molecule has 0 radical (unpaired) electrons. The second kappa shape index (κ2) is 25.5. The van der Waals surface area contributed by atoms with Crippen LogP contribution in [-0.4, -0.2) is 141 Å². The van der Waals surface area contributed by atoms with E-state index >= 15 is 0 Å². The number of ether oxygens (including phenoxy) is 3. The largest absolute Gasteiger partial charge is 0.494 e. The van der Waals surface area contributed by atoms with Crippen molar-refractivity contribution in [3.8, 4) is 29.2 Å². The number of benzene rings is 5. The van der Waals surface area contributed by atoms with Crippen LogP contribution in [-0.2, 0) is 60.7 Å². The molecule has 7 N–H and O–H groups in total. The Kier molecular flexibility index (Phi) is 19.3. The first-order valence-corrected chi connectivity index (χ1v) is 35.3. The van der Waals surface area contributed by atoms with E-state index in [2.05, 4.69) is 46.7 Å². The molecule has 0 atom stereocenters. The van der Waals surface area contributed by atoms with Gasteiger partial charge in [-0.1, -0.05) is 35.1 Å². The molecule has 3 aromatic heterocycles. The monoisotopic (exact) mass is 1380 g/mol. The summed E-state index contributed by atoms with van der Waals surface area (Å²) in [5.41, 5.74) is 0.103. The van der Waals surface area contributed by atoms with Gasteiger partial charge in [-0.15, -0.1) is 42.4 Å². The molecular formula is C46H41ClN10O22S8. The van der Waals surface area contributed by atoms with Crippen LogP contribution in [0.1, 0.15) is 30.4 Å². The lowest BCUT2D eigenvalue weighted by Crippen LogP contribution is -2.12. The lowest BCUT2D eigenvalue weighted by atomic mass is 10.1. The van der Waals surface area contributed by atoms with Crippen LogP contribution in [0.15, 0.2) is 111 Å². The maximum Gasteiger partial charge on any atom is 0.298 e. The predicted molar refractivity (Wildman–Crippen MR) is 312 cm³/mol. The van der Waals surface area contributed by atoms with Crippen molar-refractivity contribution in [1.82, 2.24) is 14.4 Å².